The zero-order valence-corrected chi connectivity index (χ0v) is 14.0. The predicted molar refractivity (Wildman–Crippen MR) is 87.0 cm³/mol. The Bertz CT molecular complexity index is 695. The molecule has 0 bridgehead atoms. The van der Waals surface area contributed by atoms with Gasteiger partial charge < -0.3 is 9.32 Å². The second-order valence-corrected chi connectivity index (χ2v) is 6.11. The zero-order chi connectivity index (χ0) is 16.4. The number of amides is 1. The van der Waals surface area contributed by atoms with Crippen molar-refractivity contribution in [2.24, 2.45) is 0 Å². The predicted octanol–water partition coefficient (Wildman–Crippen LogP) is 2.62. The normalized spacial score (nSPS) is 17.3. The Hall–Kier alpha value is -1.92. The second-order valence-electron chi connectivity index (χ2n) is 5.67. The van der Waals surface area contributed by atoms with Crippen molar-refractivity contribution in [3.8, 4) is 11.5 Å². The minimum absolute atomic E-state index is 0.0181. The van der Waals surface area contributed by atoms with Gasteiger partial charge in [0.1, 0.15) is 0 Å². The first-order valence-corrected chi connectivity index (χ1v) is 8.01. The first-order valence-electron chi connectivity index (χ1n) is 7.63. The van der Waals surface area contributed by atoms with E-state index in [0.29, 0.717) is 16.8 Å². The average molecular weight is 335 g/mol. The van der Waals surface area contributed by atoms with E-state index in [-0.39, 0.29) is 11.9 Å². The molecule has 0 aliphatic carbocycles. The maximum absolute atomic E-state index is 11.4. The fraction of sp³-hybridized carbons (Fsp3) is 0.438. The van der Waals surface area contributed by atoms with E-state index in [1.807, 2.05) is 24.0 Å². The molecule has 23 heavy (non-hydrogen) atoms. The summed E-state index contributed by atoms with van der Waals surface area (Å²) in [4.78, 5) is 15.5. The minimum atomic E-state index is 0.0181. The van der Waals surface area contributed by atoms with Crippen LogP contribution in [0.2, 0.25) is 5.02 Å². The van der Waals surface area contributed by atoms with Crippen molar-refractivity contribution < 1.29 is 9.21 Å². The van der Waals surface area contributed by atoms with Crippen LogP contribution in [0.15, 0.2) is 28.7 Å². The molecule has 7 heteroatoms. The second kappa shape index (κ2) is 6.68. The smallest absolute Gasteiger partial charge is 0.247 e. The molecule has 2 heterocycles. The van der Waals surface area contributed by atoms with Crippen molar-refractivity contribution in [1.82, 2.24) is 20.0 Å². The van der Waals surface area contributed by atoms with Crippen molar-refractivity contribution in [1.29, 1.82) is 0 Å². The first kappa shape index (κ1) is 16.0. The maximum atomic E-state index is 11.4. The van der Waals surface area contributed by atoms with Crippen LogP contribution in [0, 0.1) is 0 Å². The number of hydrogen-bond acceptors (Lipinski definition) is 5. The molecular formula is C16H19ClN4O2. The van der Waals surface area contributed by atoms with Crippen molar-refractivity contribution in [3.05, 3.63) is 35.2 Å². The van der Waals surface area contributed by atoms with Crippen LogP contribution < -0.4 is 0 Å². The van der Waals surface area contributed by atoms with Crippen LogP contribution in [-0.4, -0.2) is 52.1 Å². The summed E-state index contributed by atoms with van der Waals surface area (Å²) in [7, 11) is 0. The average Bonchev–Trinajstić information content (AvgIpc) is 3.04. The largest absolute Gasteiger partial charge is 0.419 e. The summed E-state index contributed by atoms with van der Waals surface area (Å²) < 4.78 is 5.81. The highest BCUT2D eigenvalue weighted by molar-refractivity contribution is 6.30. The number of piperazine rings is 1. The topological polar surface area (TPSA) is 62.5 Å². The molecule has 1 aromatic heterocycles. The molecule has 1 amide bonds. The molecule has 122 valence electrons. The Balaban J connectivity index is 1.69. The van der Waals surface area contributed by atoms with E-state index in [1.165, 1.54) is 0 Å². The lowest BCUT2D eigenvalue weighted by Crippen LogP contribution is -2.48. The summed E-state index contributed by atoms with van der Waals surface area (Å²) in [6, 6.07) is 7.37. The Morgan fingerprint density at radius 3 is 2.65 bits per heavy atom. The summed E-state index contributed by atoms with van der Waals surface area (Å²) in [6.07, 6.45) is 0. The van der Waals surface area contributed by atoms with Crippen LogP contribution in [0.25, 0.3) is 11.5 Å². The number of carbonyl (C=O) groups excluding carboxylic acids is 1. The van der Waals surface area contributed by atoms with Gasteiger partial charge in [0.05, 0.1) is 6.04 Å². The van der Waals surface area contributed by atoms with E-state index >= 15 is 0 Å². The van der Waals surface area contributed by atoms with Gasteiger partial charge in [-0.15, -0.1) is 10.2 Å². The van der Waals surface area contributed by atoms with Crippen LogP contribution in [0.5, 0.6) is 0 Å². The van der Waals surface area contributed by atoms with E-state index in [0.717, 1.165) is 31.7 Å². The molecule has 0 radical (unpaired) electrons. The molecule has 1 aromatic carbocycles. The van der Waals surface area contributed by atoms with E-state index in [4.69, 9.17) is 16.0 Å². The summed E-state index contributed by atoms with van der Waals surface area (Å²) in [5.74, 6) is 1.17. The first-order chi connectivity index (χ1) is 11.0. The molecule has 1 fully saturated rings. The van der Waals surface area contributed by atoms with Gasteiger partial charge in [-0.2, -0.15) is 0 Å². The highest BCUT2D eigenvalue weighted by Gasteiger charge is 2.26. The van der Waals surface area contributed by atoms with E-state index < -0.39 is 0 Å². The summed E-state index contributed by atoms with van der Waals surface area (Å²) in [6.45, 7) is 6.71. The fourth-order valence-corrected chi connectivity index (χ4v) is 2.91. The minimum Gasteiger partial charge on any atom is -0.419 e. The highest BCUT2D eigenvalue weighted by Crippen LogP contribution is 2.26. The number of carbonyl (C=O) groups is 1. The molecular weight excluding hydrogens is 316 g/mol. The van der Waals surface area contributed by atoms with Crippen LogP contribution in [0.4, 0.5) is 0 Å². The third-order valence-electron chi connectivity index (χ3n) is 4.18. The quantitative estimate of drug-likeness (QED) is 0.863. The van der Waals surface area contributed by atoms with Gasteiger partial charge in [0, 0.05) is 43.7 Å². The number of benzene rings is 1. The molecule has 1 saturated heterocycles. The Morgan fingerprint density at radius 2 is 2.00 bits per heavy atom. The van der Waals surface area contributed by atoms with Gasteiger partial charge in [-0.05, 0) is 25.1 Å². The van der Waals surface area contributed by atoms with E-state index in [2.05, 4.69) is 15.1 Å². The summed E-state index contributed by atoms with van der Waals surface area (Å²) >= 11 is 5.99. The number of aromatic nitrogens is 2. The molecule has 1 atom stereocenters. The summed E-state index contributed by atoms with van der Waals surface area (Å²) in [5, 5.41) is 8.92. The molecule has 0 saturated carbocycles. The van der Waals surface area contributed by atoms with Gasteiger partial charge in [0.15, 0.2) is 0 Å². The number of halogens is 1. The molecule has 6 nitrogen and oxygen atoms in total. The van der Waals surface area contributed by atoms with Crippen LogP contribution >= 0.6 is 11.6 Å². The van der Waals surface area contributed by atoms with Gasteiger partial charge in [0.25, 0.3) is 0 Å². The lowest BCUT2D eigenvalue weighted by molar-refractivity contribution is -0.130. The molecule has 0 unspecified atom stereocenters. The van der Waals surface area contributed by atoms with Crippen LogP contribution in [-0.2, 0) is 4.79 Å². The van der Waals surface area contributed by atoms with E-state index in [1.54, 1.807) is 19.1 Å². The number of nitrogens with zero attached hydrogens (tertiary/aromatic N) is 4. The molecule has 3 rings (SSSR count). The van der Waals surface area contributed by atoms with Gasteiger partial charge in [-0.1, -0.05) is 17.7 Å². The zero-order valence-electron chi connectivity index (χ0n) is 13.2. The molecule has 0 spiro atoms. The van der Waals surface area contributed by atoms with Crippen molar-refractivity contribution in [3.63, 3.8) is 0 Å². The standard InChI is InChI=1S/C16H19ClN4O2/c1-11(20-6-8-21(9-7-20)12(2)22)15-18-19-16(23-15)13-4-3-5-14(17)10-13/h3-5,10-11H,6-9H2,1-2H3/t11-/m0/s1. The van der Waals surface area contributed by atoms with Gasteiger partial charge in [-0.25, -0.2) is 0 Å². The van der Waals surface area contributed by atoms with Gasteiger partial charge in [-0.3, -0.25) is 9.69 Å². The third-order valence-corrected chi connectivity index (χ3v) is 4.41. The molecule has 0 N–H and O–H groups in total. The van der Waals surface area contributed by atoms with Crippen LogP contribution in [0.3, 0.4) is 0 Å². The van der Waals surface area contributed by atoms with Gasteiger partial charge >= 0.3 is 0 Å². The van der Waals surface area contributed by atoms with Crippen molar-refractivity contribution in [2.45, 2.75) is 19.9 Å². The lowest BCUT2D eigenvalue weighted by atomic mass is 10.2. The Kier molecular flexibility index (Phi) is 4.63. The highest BCUT2D eigenvalue weighted by atomic mass is 35.5. The van der Waals surface area contributed by atoms with E-state index in [9.17, 15) is 4.79 Å². The maximum Gasteiger partial charge on any atom is 0.247 e. The number of hydrogen-bond donors (Lipinski definition) is 0. The molecule has 2 aromatic rings. The van der Waals surface area contributed by atoms with Gasteiger partial charge in [0.2, 0.25) is 17.7 Å². The van der Waals surface area contributed by atoms with Crippen LogP contribution in [0.1, 0.15) is 25.8 Å². The SMILES string of the molecule is CC(=O)N1CCN([C@@H](C)c2nnc(-c3cccc(Cl)c3)o2)CC1. The Morgan fingerprint density at radius 1 is 1.26 bits per heavy atom. The monoisotopic (exact) mass is 334 g/mol. The number of rotatable bonds is 3. The van der Waals surface area contributed by atoms with Crippen molar-refractivity contribution >= 4 is 17.5 Å². The lowest BCUT2D eigenvalue weighted by Gasteiger charge is -2.36. The Labute approximate surface area is 140 Å². The molecule has 1 aliphatic rings. The fourth-order valence-electron chi connectivity index (χ4n) is 2.72. The van der Waals surface area contributed by atoms with Crippen molar-refractivity contribution in [2.75, 3.05) is 26.2 Å². The molecule has 1 aliphatic heterocycles. The summed E-state index contributed by atoms with van der Waals surface area (Å²) in [5.41, 5.74) is 0.810. The third kappa shape index (κ3) is 3.54.